The number of aldehydes is 1. The molecule has 0 aliphatic heterocycles. The van der Waals surface area contributed by atoms with Crippen molar-refractivity contribution >= 4 is 6.29 Å². The molecule has 1 rings (SSSR count). The highest BCUT2D eigenvalue weighted by Crippen LogP contribution is 2.10. The van der Waals surface area contributed by atoms with E-state index in [9.17, 15) is 4.79 Å². The Morgan fingerprint density at radius 2 is 1.93 bits per heavy atom. The van der Waals surface area contributed by atoms with E-state index in [1.165, 1.54) is 0 Å². The van der Waals surface area contributed by atoms with Crippen LogP contribution in [-0.4, -0.2) is 18.0 Å². The van der Waals surface area contributed by atoms with E-state index in [2.05, 4.69) is 0 Å². The molecular formula is C12H16O2. The summed E-state index contributed by atoms with van der Waals surface area (Å²) in [6.45, 7) is 0.259. The van der Waals surface area contributed by atoms with Gasteiger partial charge in [0.05, 0.1) is 0 Å². The first-order chi connectivity index (χ1) is 6.88. The Morgan fingerprint density at radius 3 is 2.64 bits per heavy atom. The lowest BCUT2D eigenvalue weighted by atomic mass is 10.0. The van der Waals surface area contributed by atoms with Crippen LogP contribution in [0.1, 0.15) is 35.2 Å². The van der Waals surface area contributed by atoms with Crippen LogP contribution in [0.5, 0.6) is 0 Å². The predicted molar refractivity (Wildman–Crippen MR) is 56.5 cm³/mol. The van der Waals surface area contributed by atoms with Gasteiger partial charge in [0.1, 0.15) is 6.29 Å². The maximum absolute atomic E-state index is 10.7. The van der Waals surface area contributed by atoms with E-state index < -0.39 is 0 Å². The van der Waals surface area contributed by atoms with Crippen molar-refractivity contribution in [3.05, 3.63) is 35.4 Å². The number of aliphatic hydroxyl groups excluding tert-OH is 1. The van der Waals surface area contributed by atoms with Crippen LogP contribution in [0, 0.1) is 0 Å². The van der Waals surface area contributed by atoms with Gasteiger partial charge in [-0.15, -0.1) is 0 Å². The fourth-order valence-electron chi connectivity index (χ4n) is 1.48. The number of aliphatic hydroxyl groups is 1. The first-order valence-corrected chi connectivity index (χ1v) is 5.02. The molecule has 0 amide bonds. The van der Waals surface area contributed by atoms with Crippen LogP contribution in [0.4, 0.5) is 0 Å². The largest absolute Gasteiger partial charge is 0.396 e. The Hall–Kier alpha value is -1.15. The monoisotopic (exact) mass is 192 g/mol. The van der Waals surface area contributed by atoms with Gasteiger partial charge in [-0.05, 0) is 24.8 Å². The number of benzene rings is 1. The van der Waals surface area contributed by atoms with Crippen LogP contribution >= 0.6 is 0 Å². The number of carbonyl (C=O) groups is 1. The normalized spacial score (nSPS) is 10.1. The molecule has 0 aliphatic carbocycles. The molecule has 0 atom stereocenters. The Kier molecular flexibility index (Phi) is 4.94. The van der Waals surface area contributed by atoms with Gasteiger partial charge < -0.3 is 5.11 Å². The van der Waals surface area contributed by atoms with Crippen molar-refractivity contribution in [2.45, 2.75) is 25.7 Å². The molecule has 0 saturated carbocycles. The smallest absolute Gasteiger partial charge is 0.150 e. The summed E-state index contributed by atoms with van der Waals surface area (Å²) in [5, 5.41) is 8.61. The summed E-state index contributed by atoms with van der Waals surface area (Å²) in [5.74, 6) is 0. The molecule has 0 spiro atoms. The van der Waals surface area contributed by atoms with Gasteiger partial charge in [-0.2, -0.15) is 0 Å². The number of aryl methyl sites for hydroxylation is 1. The Bertz CT molecular complexity index is 281. The number of rotatable bonds is 6. The molecule has 2 heteroatoms. The number of carbonyl (C=O) groups excluding carboxylic acids is 1. The van der Waals surface area contributed by atoms with Crippen LogP contribution < -0.4 is 0 Å². The third-order valence-electron chi connectivity index (χ3n) is 2.29. The summed E-state index contributed by atoms with van der Waals surface area (Å²) in [4.78, 5) is 10.7. The van der Waals surface area contributed by atoms with Crippen LogP contribution in [0.3, 0.4) is 0 Å². The maximum Gasteiger partial charge on any atom is 0.150 e. The van der Waals surface area contributed by atoms with E-state index in [1.807, 2.05) is 24.3 Å². The Labute approximate surface area is 84.6 Å². The van der Waals surface area contributed by atoms with Crippen LogP contribution in [0.15, 0.2) is 24.3 Å². The van der Waals surface area contributed by atoms with E-state index >= 15 is 0 Å². The molecule has 1 N–H and O–H groups in total. The molecule has 1 aromatic carbocycles. The molecule has 0 aliphatic rings. The zero-order chi connectivity index (χ0) is 10.2. The summed E-state index contributed by atoms with van der Waals surface area (Å²) in [6, 6.07) is 7.66. The molecule has 2 nitrogen and oxygen atoms in total. The van der Waals surface area contributed by atoms with Crippen molar-refractivity contribution in [3.8, 4) is 0 Å². The van der Waals surface area contributed by atoms with Crippen LogP contribution in [-0.2, 0) is 6.42 Å². The second-order valence-electron chi connectivity index (χ2n) is 3.35. The van der Waals surface area contributed by atoms with Crippen molar-refractivity contribution in [2.75, 3.05) is 6.61 Å². The van der Waals surface area contributed by atoms with Crippen LogP contribution in [0.25, 0.3) is 0 Å². The van der Waals surface area contributed by atoms with Gasteiger partial charge >= 0.3 is 0 Å². The fourth-order valence-corrected chi connectivity index (χ4v) is 1.48. The summed E-state index contributed by atoms with van der Waals surface area (Å²) in [7, 11) is 0. The molecule has 0 heterocycles. The number of hydrogen-bond donors (Lipinski definition) is 1. The highest BCUT2D eigenvalue weighted by atomic mass is 16.2. The quantitative estimate of drug-likeness (QED) is 0.554. The van der Waals surface area contributed by atoms with E-state index in [-0.39, 0.29) is 6.61 Å². The average Bonchev–Trinajstić information content (AvgIpc) is 2.25. The molecule has 0 bridgehead atoms. The SMILES string of the molecule is O=Cc1ccccc1CCCCCO. The molecule has 14 heavy (non-hydrogen) atoms. The maximum atomic E-state index is 10.7. The second kappa shape index (κ2) is 6.33. The minimum Gasteiger partial charge on any atom is -0.396 e. The summed E-state index contributed by atoms with van der Waals surface area (Å²) < 4.78 is 0. The molecule has 0 radical (unpaired) electrons. The van der Waals surface area contributed by atoms with Gasteiger partial charge in [-0.25, -0.2) is 0 Å². The van der Waals surface area contributed by atoms with Crippen molar-refractivity contribution in [3.63, 3.8) is 0 Å². The third kappa shape index (κ3) is 3.30. The highest BCUT2D eigenvalue weighted by Gasteiger charge is 1.99. The van der Waals surface area contributed by atoms with Crippen molar-refractivity contribution < 1.29 is 9.90 Å². The average molecular weight is 192 g/mol. The lowest BCUT2D eigenvalue weighted by Gasteiger charge is -2.03. The second-order valence-corrected chi connectivity index (χ2v) is 3.35. The number of unbranched alkanes of at least 4 members (excludes halogenated alkanes) is 2. The minimum absolute atomic E-state index is 0.259. The first kappa shape index (κ1) is 10.9. The summed E-state index contributed by atoms with van der Waals surface area (Å²) in [5.41, 5.74) is 1.90. The van der Waals surface area contributed by atoms with Gasteiger partial charge in [0.15, 0.2) is 0 Å². The first-order valence-electron chi connectivity index (χ1n) is 5.02. The van der Waals surface area contributed by atoms with Gasteiger partial charge in [0.2, 0.25) is 0 Å². The van der Waals surface area contributed by atoms with Gasteiger partial charge in [-0.3, -0.25) is 4.79 Å². The van der Waals surface area contributed by atoms with E-state index in [0.29, 0.717) is 0 Å². The van der Waals surface area contributed by atoms with Crippen LogP contribution in [0.2, 0.25) is 0 Å². The standard InChI is InChI=1S/C12H16O2/c13-9-5-1-2-6-11-7-3-4-8-12(11)10-14/h3-4,7-8,10,13H,1-2,5-6,9H2. The molecule has 0 aromatic heterocycles. The molecule has 0 saturated heterocycles. The van der Waals surface area contributed by atoms with Crippen molar-refractivity contribution in [1.29, 1.82) is 0 Å². The molecular weight excluding hydrogens is 176 g/mol. The topological polar surface area (TPSA) is 37.3 Å². The zero-order valence-corrected chi connectivity index (χ0v) is 8.28. The zero-order valence-electron chi connectivity index (χ0n) is 8.28. The molecule has 0 fully saturated rings. The Balaban J connectivity index is 2.45. The van der Waals surface area contributed by atoms with Crippen molar-refractivity contribution in [2.24, 2.45) is 0 Å². The van der Waals surface area contributed by atoms with Gasteiger partial charge in [-0.1, -0.05) is 30.7 Å². The van der Waals surface area contributed by atoms with E-state index in [0.717, 1.165) is 43.1 Å². The Morgan fingerprint density at radius 1 is 1.14 bits per heavy atom. The minimum atomic E-state index is 0.259. The van der Waals surface area contributed by atoms with Gasteiger partial charge in [0.25, 0.3) is 0 Å². The summed E-state index contributed by atoms with van der Waals surface area (Å²) in [6.07, 6.45) is 4.73. The number of hydrogen-bond acceptors (Lipinski definition) is 2. The van der Waals surface area contributed by atoms with E-state index in [1.54, 1.807) is 0 Å². The predicted octanol–water partition coefficient (Wildman–Crippen LogP) is 2.20. The van der Waals surface area contributed by atoms with E-state index in [4.69, 9.17) is 5.11 Å². The molecule has 0 unspecified atom stereocenters. The highest BCUT2D eigenvalue weighted by molar-refractivity contribution is 5.77. The molecule has 76 valence electrons. The summed E-state index contributed by atoms with van der Waals surface area (Å²) >= 11 is 0. The lowest BCUT2D eigenvalue weighted by Crippen LogP contribution is -1.93. The fraction of sp³-hybridized carbons (Fsp3) is 0.417. The lowest BCUT2D eigenvalue weighted by molar-refractivity contribution is 0.112. The van der Waals surface area contributed by atoms with Gasteiger partial charge in [0, 0.05) is 12.2 Å². The third-order valence-corrected chi connectivity index (χ3v) is 2.29. The molecule has 1 aromatic rings. The van der Waals surface area contributed by atoms with Crippen molar-refractivity contribution in [1.82, 2.24) is 0 Å².